The Bertz CT molecular complexity index is 377. The maximum Gasteiger partial charge on any atom is 0.323 e. The van der Waals surface area contributed by atoms with Crippen LogP contribution in [0.2, 0.25) is 0 Å². The normalized spacial score (nSPS) is 22.2. The number of hydrogen-bond acceptors (Lipinski definition) is 4. The molecule has 1 unspecified atom stereocenters. The largest absolute Gasteiger partial charge is 0.480 e. The van der Waals surface area contributed by atoms with E-state index in [9.17, 15) is 4.79 Å². The van der Waals surface area contributed by atoms with Gasteiger partial charge in [-0.05, 0) is 23.9 Å². The Labute approximate surface area is 98.4 Å². The van der Waals surface area contributed by atoms with Crippen molar-refractivity contribution in [3.05, 3.63) is 21.9 Å². The molecule has 4 nitrogen and oxygen atoms in total. The fourth-order valence-electron chi connectivity index (χ4n) is 1.81. The summed E-state index contributed by atoms with van der Waals surface area (Å²) in [5.41, 5.74) is 1.24. The van der Waals surface area contributed by atoms with Crippen molar-refractivity contribution < 1.29 is 14.6 Å². The summed E-state index contributed by atoms with van der Waals surface area (Å²) >= 11 is 1.68. The molecule has 0 amide bonds. The molecule has 1 aliphatic heterocycles. The minimum atomic E-state index is -0.797. The van der Waals surface area contributed by atoms with Gasteiger partial charge in [-0.25, -0.2) is 0 Å². The Morgan fingerprint density at radius 2 is 2.56 bits per heavy atom. The van der Waals surface area contributed by atoms with Crippen LogP contribution < -0.4 is 0 Å². The van der Waals surface area contributed by atoms with Gasteiger partial charge in [-0.2, -0.15) is 0 Å². The van der Waals surface area contributed by atoms with Gasteiger partial charge in [0.25, 0.3) is 0 Å². The number of ether oxygens (including phenoxy) is 1. The quantitative estimate of drug-likeness (QED) is 0.867. The van der Waals surface area contributed by atoms with E-state index >= 15 is 0 Å². The van der Waals surface area contributed by atoms with Crippen molar-refractivity contribution >= 4 is 17.3 Å². The molecule has 0 spiro atoms. The number of nitrogens with zero attached hydrogens (tertiary/aromatic N) is 1. The van der Waals surface area contributed by atoms with Crippen LogP contribution in [-0.2, 0) is 16.1 Å². The molecule has 0 bridgehead atoms. The fraction of sp³-hybridized carbons (Fsp3) is 0.545. The number of carboxylic acid groups (broad SMARTS) is 1. The standard InChI is InChI=1S/C11H15NO3S/c1-8-2-5-16-10(8)6-12-3-4-15-7-9(12)11(13)14/h2,5,9H,3-4,6-7H2,1H3,(H,13,14). The highest BCUT2D eigenvalue weighted by Crippen LogP contribution is 2.20. The first-order valence-corrected chi connectivity index (χ1v) is 6.14. The minimum absolute atomic E-state index is 0.291. The number of aliphatic carboxylic acids is 1. The van der Waals surface area contributed by atoms with Crippen molar-refractivity contribution in [2.45, 2.75) is 19.5 Å². The molecule has 1 atom stereocenters. The molecule has 2 rings (SSSR count). The van der Waals surface area contributed by atoms with E-state index < -0.39 is 12.0 Å². The second-order valence-corrected chi connectivity index (χ2v) is 4.93. The van der Waals surface area contributed by atoms with Crippen LogP contribution in [0.4, 0.5) is 0 Å². The van der Waals surface area contributed by atoms with Gasteiger partial charge in [-0.15, -0.1) is 11.3 Å². The van der Waals surface area contributed by atoms with Gasteiger partial charge in [0.2, 0.25) is 0 Å². The van der Waals surface area contributed by atoms with Crippen LogP contribution in [0.15, 0.2) is 11.4 Å². The van der Waals surface area contributed by atoms with Crippen molar-refractivity contribution in [3.63, 3.8) is 0 Å². The van der Waals surface area contributed by atoms with Gasteiger partial charge < -0.3 is 9.84 Å². The molecule has 1 aromatic heterocycles. The Morgan fingerprint density at radius 3 is 3.19 bits per heavy atom. The van der Waals surface area contributed by atoms with Crippen LogP contribution in [0.3, 0.4) is 0 Å². The molecule has 88 valence electrons. The Hall–Kier alpha value is -0.910. The molecule has 1 fully saturated rings. The smallest absolute Gasteiger partial charge is 0.323 e. The van der Waals surface area contributed by atoms with Gasteiger partial charge in [0.05, 0.1) is 13.2 Å². The molecule has 1 N–H and O–H groups in total. The van der Waals surface area contributed by atoms with Crippen LogP contribution in [0.5, 0.6) is 0 Å². The molecule has 0 saturated carbocycles. The highest BCUT2D eigenvalue weighted by molar-refractivity contribution is 7.10. The fourth-order valence-corrected chi connectivity index (χ4v) is 2.74. The summed E-state index contributed by atoms with van der Waals surface area (Å²) in [4.78, 5) is 14.3. The zero-order valence-electron chi connectivity index (χ0n) is 9.18. The van der Waals surface area contributed by atoms with Crippen LogP contribution in [0.25, 0.3) is 0 Å². The number of thiophene rings is 1. The Kier molecular flexibility index (Phi) is 3.58. The van der Waals surface area contributed by atoms with Gasteiger partial charge in [-0.1, -0.05) is 0 Å². The predicted octanol–water partition coefficient (Wildman–Crippen LogP) is 1.34. The summed E-state index contributed by atoms with van der Waals surface area (Å²) in [5, 5.41) is 11.1. The van der Waals surface area contributed by atoms with E-state index in [-0.39, 0.29) is 0 Å². The molecule has 0 aromatic carbocycles. The third-order valence-electron chi connectivity index (χ3n) is 2.84. The average molecular weight is 241 g/mol. The third kappa shape index (κ3) is 2.42. The number of carboxylic acids is 1. The average Bonchev–Trinajstić information content (AvgIpc) is 2.65. The predicted molar refractivity (Wildman–Crippen MR) is 61.7 cm³/mol. The van der Waals surface area contributed by atoms with Gasteiger partial charge >= 0.3 is 5.97 Å². The van der Waals surface area contributed by atoms with Gasteiger partial charge in [0.15, 0.2) is 0 Å². The summed E-state index contributed by atoms with van der Waals surface area (Å²) in [7, 11) is 0. The van der Waals surface area contributed by atoms with Gasteiger partial charge in [0, 0.05) is 18.0 Å². The molecular weight excluding hydrogens is 226 g/mol. The monoisotopic (exact) mass is 241 g/mol. The lowest BCUT2D eigenvalue weighted by Gasteiger charge is -2.32. The lowest BCUT2D eigenvalue weighted by Crippen LogP contribution is -2.49. The number of morpholine rings is 1. The summed E-state index contributed by atoms with van der Waals surface area (Å²) in [5.74, 6) is -0.797. The highest BCUT2D eigenvalue weighted by Gasteiger charge is 2.29. The summed E-state index contributed by atoms with van der Waals surface area (Å²) in [6.07, 6.45) is 0. The minimum Gasteiger partial charge on any atom is -0.480 e. The van der Waals surface area contributed by atoms with E-state index in [0.29, 0.717) is 26.3 Å². The van der Waals surface area contributed by atoms with E-state index in [0.717, 1.165) is 0 Å². The molecule has 0 aliphatic carbocycles. The van der Waals surface area contributed by atoms with E-state index in [4.69, 9.17) is 9.84 Å². The molecule has 1 saturated heterocycles. The van der Waals surface area contributed by atoms with E-state index in [1.54, 1.807) is 11.3 Å². The second kappa shape index (κ2) is 4.95. The number of aryl methyl sites for hydroxylation is 1. The first kappa shape index (κ1) is 11.6. The van der Waals surface area contributed by atoms with E-state index in [1.807, 2.05) is 10.3 Å². The van der Waals surface area contributed by atoms with Crippen molar-refractivity contribution in [1.82, 2.24) is 4.90 Å². The second-order valence-electron chi connectivity index (χ2n) is 3.93. The number of carbonyl (C=O) groups is 1. The SMILES string of the molecule is Cc1ccsc1CN1CCOCC1C(=O)O. The van der Waals surface area contributed by atoms with Gasteiger partial charge in [0.1, 0.15) is 6.04 Å². The Morgan fingerprint density at radius 1 is 1.75 bits per heavy atom. The van der Waals surface area contributed by atoms with Crippen molar-refractivity contribution in [2.24, 2.45) is 0 Å². The third-order valence-corrected chi connectivity index (χ3v) is 3.85. The zero-order chi connectivity index (χ0) is 11.5. The molecule has 0 radical (unpaired) electrons. The van der Waals surface area contributed by atoms with Crippen LogP contribution in [0.1, 0.15) is 10.4 Å². The Balaban J connectivity index is 2.07. The molecular formula is C11H15NO3S. The van der Waals surface area contributed by atoms with Crippen LogP contribution in [0, 0.1) is 6.92 Å². The molecule has 5 heteroatoms. The molecule has 1 aromatic rings. The van der Waals surface area contributed by atoms with E-state index in [1.165, 1.54) is 10.4 Å². The summed E-state index contributed by atoms with van der Waals surface area (Å²) in [6, 6.07) is 1.56. The lowest BCUT2D eigenvalue weighted by molar-refractivity contribution is -0.150. The maximum atomic E-state index is 11.1. The highest BCUT2D eigenvalue weighted by atomic mass is 32.1. The van der Waals surface area contributed by atoms with Crippen LogP contribution in [-0.4, -0.2) is 41.8 Å². The molecule has 2 heterocycles. The first-order valence-electron chi connectivity index (χ1n) is 5.26. The lowest BCUT2D eigenvalue weighted by atomic mass is 10.2. The number of hydrogen-bond donors (Lipinski definition) is 1. The van der Waals surface area contributed by atoms with Crippen molar-refractivity contribution in [3.8, 4) is 0 Å². The summed E-state index contributed by atoms with van der Waals surface area (Å²) < 4.78 is 5.20. The molecule has 1 aliphatic rings. The van der Waals surface area contributed by atoms with Gasteiger partial charge in [-0.3, -0.25) is 9.69 Å². The van der Waals surface area contributed by atoms with E-state index in [2.05, 4.69) is 13.0 Å². The summed E-state index contributed by atoms with van der Waals surface area (Å²) in [6.45, 7) is 4.37. The van der Waals surface area contributed by atoms with Crippen molar-refractivity contribution in [2.75, 3.05) is 19.8 Å². The van der Waals surface area contributed by atoms with Crippen LogP contribution >= 0.6 is 11.3 Å². The zero-order valence-corrected chi connectivity index (χ0v) is 10.00. The topological polar surface area (TPSA) is 49.8 Å². The molecule has 16 heavy (non-hydrogen) atoms. The number of rotatable bonds is 3. The maximum absolute atomic E-state index is 11.1. The first-order chi connectivity index (χ1) is 7.68. The van der Waals surface area contributed by atoms with Crippen molar-refractivity contribution in [1.29, 1.82) is 0 Å².